The van der Waals surface area contributed by atoms with Crippen molar-refractivity contribution in [3.05, 3.63) is 35.4 Å². The molecule has 3 rings (SSSR count). The monoisotopic (exact) mass is 345 g/mol. The van der Waals surface area contributed by atoms with Gasteiger partial charge in [0.05, 0.1) is 6.54 Å². The lowest BCUT2D eigenvalue weighted by Crippen LogP contribution is -2.55. The summed E-state index contributed by atoms with van der Waals surface area (Å²) in [5.41, 5.74) is 5.94. The Kier molecular flexibility index (Phi) is 5.03. The molecule has 0 atom stereocenters. The van der Waals surface area contributed by atoms with Gasteiger partial charge in [-0.05, 0) is 49.8 Å². The van der Waals surface area contributed by atoms with Crippen molar-refractivity contribution in [2.45, 2.75) is 37.8 Å². The smallest absolute Gasteiger partial charge is 0.317 e. The summed E-state index contributed by atoms with van der Waals surface area (Å²) in [4.78, 5) is 36.6. The van der Waals surface area contributed by atoms with Gasteiger partial charge in [0.2, 0.25) is 5.91 Å². The van der Waals surface area contributed by atoms with Crippen LogP contribution in [0.15, 0.2) is 24.3 Å². The molecule has 0 radical (unpaired) electrons. The van der Waals surface area contributed by atoms with Crippen LogP contribution in [0.1, 0.15) is 46.4 Å². The van der Waals surface area contributed by atoms with Crippen molar-refractivity contribution < 1.29 is 19.5 Å². The fourth-order valence-electron chi connectivity index (χ4n) is 3.23. The van der Waals surface area contributed by atoms with Crippen LogP contribution >= 0.6 is 0 Å². The van der Waals surface area contributed by atoms with E-state index in [0.29, 0.717) is 17.0 Å². The molecule has 25 heavy (non-hydrogen) atoms. The van der Waals surface area contributed by atoms with Gasteiger partial charge in [0.25, 0.3) is 5.91 Å². The summed E-state index contributed by atoms with van der Waals surface area (Å²) < 4.78 is 0. The molecule has 134 valence electrons. The molecule has 2 aliphatic carbocycles. The van der Waals surface area contributed by atoms with E-state index in [1.807, 2.05) is 4.90 Å². The van der Waals surface area contributed by atoms with Gasteiger partial charge in [0.15, 0.2) is 0 Å². The number of hydrogen-bond acceptors (Lipinski definition) is 4. The topological polar surface area (TPSA) is 113 Å². The Hall–Kier alpha value is -2.41. The molecule has 0 heterocycles. The highest BCUT2D eigenvalue weighted by atomic mass is 16.4. The van der Waals surface area contributed by atoms with E-state index in [-0.39, 0.29) is 24.5 Å². The zero-order valence-electron chi connectivity index (χ0n) is 14.0. The lowest BCUT2D eigenvalue weighted by molar-refractivity contribution is -0.139. The molecule has 0 bridgehead atoms. The quantitative estimate of drug-likeness (QED) is 0.646. The second-order valence-electron chi connectivity index (χ2n) is 7.01. The highest BCUT2D eigenvalue weighted by Gasteiger charge is 2.37. The third kappa shape index (κ3) is 4.57. The van der Waals surface area contributed by atoms with Crippen molar-refractivity contribution in [3.8, 4) is 0 Å². The maximum absolute atomic E-state index is 12.3. The minimum Gasteiger partial charge on any atom is -0.480 e. The van der Waals surface area contributed by atoms with Crippen molar-refractivity contribution in [1.82, 2.24) is 10.2 Å². The standard InChI is InChI=1S/C18H23N3O4/c19-17(24)12-2-1-3-13(6-12)18(25)20-14-7-15(8-14)21(10-16(22)23)9-11-4-5-11/h1-3,6,11,14-15H,4-5,7-10H2,(H2,19,24)(H,20,25)(H,22,23). The second kappa shape index (κ2) is 7.23. The van der Waals surface area contributed by atoms with Gasteiger partial charge in [-0.15, -0.1) is 0 Å². The van der Waals surface area contributed by atoms with Crippen LogP contribution in [-0.4, -0.2) is 53.0 Å². The number of nitrogens with zero attached hydrogens (tertiary/aromatic N) is 1. The first-order valence-electron chi connectivity index (χ1n) is 8.59. The van der Waals surface area contributed by atoms with Crippen LogP contribution in [0, 0.1) is 5.92 Å². The van der Waals surface area contributed by atoms with Crippen LogP contribution in [0.2, 0.25) is 0 Å². The van der Waals surface area contributed by atoms with Gasteiger partial charge in [0.1, 0.15) is 0 Å². The van der Waals surface area contributed by atoms with E-state index in [1.54, 1.807) is 18.2 Å². The molecule has 1 aromatic carbocycles. The van der Waals surface area contributed by atoms with Crippen LogP contribution in [0.5, 0.6) is 0 Å². The number of carboxylic acid groups (broad SMARTS) is 1. The summed E-state index contributed by atoms with van der Waals surface area (Å²) in [5, 5.41) is 12.0. The van der Waals surface area contributed by atoms with Gasteiger partial charge in [-0.2, -0.15) is 0 Å². The lowest BCUT2D eigenvalue weighted by Gasteiger charge is -2.42. The summed E-state index contributed by atoms with van der Waals surface area (Å²) in [5.74, 6) is -0.984. The van der Waals surface area contributed by atoms with Gasteiger partial charge in [0, 0.05) is 29.8 Å². The fraction of sp³-hybridized carbons (Fsp3) is 0.500. The fourth-order valence-corrected chi connectivity index (χ4v) is 3.23. The summed E-state index contributed by atoms with van der Waals surface area (Å²) in [6.07, 6.45) is 3.86. The van der Waals surface area contributed by atoms with Crippen LogP contribution in [0.3, 0.4) is 0 Å². The Labute approximate surface area is 146 Å². The lowest BCUT2D eigenvalue weighted by atomic mass is 9.85. The molecule has 2 amide bonds. The minimum atomic E-state index is -0.809. The molecular formula is C18H23N3O4. The van der Waals surface area contributed by atoms with Crippen molar-refractivity contribution in [2.75, 3.05) is 13.1 Å². The molecule has 7 heteroatoms. The van der Waals surface area contributed by atoms with Crippen LogP contribution in [-0.2, 0) is 4.79 Å². The first kappa shape index (κ1) is 17.4. The van der Waals surface area contributed by atoms with E-state index in [9.17, 15) is 14.4 Å². The molecule has 0 saturated heterocycles. The summed E-state index contributed by atoms with van der Waals surface area (Å²) in [6.45, 7) is 0.890. The number of amides is 2. The number of carbonyl (C=O) groups is 3. The van der Waals surface area contributed by atoms with Gasteiger partial charge in [-0.1, -0.05) is 6.07 Å². The van der Waals surface area contributed by atoms with Crippen molar-refractivity contribution in [3.63, 3.8) is 0 Å². The van der Waals surface area contributed by atoms with E-state index >= 15 is 0 Å². The van der Waals surface area contributed by atoms with Gasteiger partial charge in [-0.25, -0.2) is 0 Å². The minimum absolute atomic E-state index is 0.0326. The predicted molar refractivity (Wildman–Crippen MR) is 91.2 cm³/mol. The van der Waals surface area contributed by atoms with E-state index < -0.39 is 11.9 Å². The van der Waals surface area contributed by atoms with Crippen molar-refractivity contribution >= 4 is 17.8 Å². The number of carbonyl (C=O) groups excluding carboxylic acids is 2. The Morgan fingerprint density at radius 1 is 1.20 bits per heavy atom. The average Bonchev–Trinajstić information content (AvgIpc) is 3.33. The number of benzene rings is 1. The number of hydrogen-bond donors (Lipinski definition) is 3. The number of primary amides is 1. The van der Waals surface area contributed by atoms with Crippen LogP contribution in [0.4, 0.5) is 0 Å². The number of nitrogens with one attached hydrogen (secondary N) is 1. The highest BCUT2D eigenvalue weighted by Crippen LogP contribution is 2.33. The first-order valence-corrected chi connectivity index (χ1v) is 8.59. The SMILES string of the molecule is NC(=O)c1cccc(C(=O)NC2CC(N(CC(=O)O)CC3CC3)C2)c1. The van der Waals surface area contributed by atoms with E-state index in [0.717, 1.165) is 19.4 Å². The molecule has 1 aromatic rings. The summed E-state index contributed by atoms with van der Waals surface area (Å²) in [7, 11) is 0. The Balaban J connectivity index is 1.51. The number of carboxylic acids is 1. The molecule has 0 unspecified atom stereocenters. The Morgan fingerprint density at radius 3 is 2.48 bits per heavy atom. The summed E-state index contributed by atoms with van der Waals surface area (Å²) >= 11 is 0. The van der Waals surface area contributed by atoms with E-state index in [2.05, 4.69) is 5.32 Å². The molecule has 0 spiro atoms. The third-order valence-corrected chi connectivity index (χ3v) is 4.90. The largest absolute Gasteiger partial charge is 0.480 e. The molecule has 2 saturated carbocycles. The van der Waals surface area contributed by atoms with Crippen LogP contribution < -0.4 is 11.1 Å². The van der Waals surface area contributed by atoms with Gasteiger partial charge >= 0.3 is 5.97 Å². The zero-order valence-corrected chi connectivity index (χ0v) is 14.0. The van der Waals surface area contributed by atoms with E-state index in [4.69, 9.17) is 10.8 Å². The van der Waals surface area contributed by atoms with Gasteiger partial charge in [-0.3, -0.25) is 19.3 Å². The molecule has 7 nitrogen and oxygen atoms in total. The number of nitrogens with two attached hydrogens (primary N) is 1. The molecule has 4 N–H and O–H groups in total. The van der Waals surface area contributed by atoms with Gasteiger partial charge < -0.3 is 16.2 Å². The van der Waals surface area contributed by atoms with Crippen molar-refractivity contribution in [1.29, 1.82) is 0 Å². The molecule has 0 aromatic heterocycles. The normalized spacial score (nSPS) is 22.3. The predicted octanol–water partition coefficient (Wildman–Crippen LogP) is 0.843. The highest BCUT2D eigenvalue weighted by molar-refractivity contribution is 5.99. The maximum Gasteiger partial charge on any atom is 0.317 e. The second-order valence-corrected chi connectivity index (χ2v) is 7.01. The Morgan fingerprint density at radius 2 is 1.88 bits per heavy atom. The average molecular weight is 345 g/mol. The zero-order chi connectivity index (χ0) is 18.0. The van der Waals surface area contributed by atoms with Crippen molar-refractivity contribution in [2.24, 2.45) is 11.7 Å². The van der Waals surface area contributed by atoms with Crippen LogP contribution in [0.25, 0.3) is 0 Å². The molecular weight excluding hydrogens is 322 g/mol. The number of aliphatic carboxylic acids is 1. The maximum atomic E-state index is 12.3. The van der Waals surface area contributed by atoms with E-state index in [1.165, 1.54) is 18.9 Å². The molecule has 2 aliphatic rings. The molecule has 2 fully saturated rings. The third-order valence-electron chi connectivity index (χ3n) is 4.90. The number of rotatable bonds is 8. The summed E-state index contributed by atoms with van der Waals surface area (Å²) in [6, 6.07) is 6.56. The Bertz CT molecular complexity index is 681. The first-order chi connectivity index (χ1) is 11.9. The molecule has 0 aliphatic heterocycles.